The average Bonchev–Trinajstić information content (AvgIpc) is 2.44. The second-order valence-corrected chi connectivity index (χ2v) is 4.56. The maximum Gasteiger partial charge on any atom is 0.253 e. The number of carbonyl (C=O) groups excluding carboxylic acids is 1. The number of hydrogen-bond donors (Lipinski definition) is 1. The predicted octanol–water partition coefficient (Wildman–Crippen LogP) is 1.93. The minimum atomic E-state index is 0. The molecule has 6 heteroatoms. The summed E-state index contributed by atoms with van der Waals surface area (Å²) >= 11 is 0. The van der Waals surface area contributed by atoms with Crippen LogP contribution in [0.2, 0.25) is 0 Å². The van der Waals surface area contributed by atoms with Crippen molar-refractivity contribution < 1.29 is 13.9 Å². The molecule has 4 nitrogen and oxygen atoms in total. The molecule has 2 rings (SSSR count). The maximum absolute atomic E-state index is 12.4. The summed E-state index contributed by atoms with van der Waals surface area (Å²) in [6.07, 6.45) is 1.27. The van der Waals surface area contributed by atoms with E-state index >= 15 is 0 Å². The van der Waals surface area contributed by atoms with Crippen molar-refractivity contribution in [2.24, 2.45) is 5.73 Å². The van der Waals surface area contributed by atoms with E-state index in [-0.39, 0.29) is 31.5 Å². The molecule has 2 N–H and O–H groups in total. The smallest absolute Gasteiger partial charge is 0.253 e. The van der Waals surface area contributed by atoms with E-state index < -0.39 is 0 Å². The number of nitrogens with two attached hydrogens (primary N) is 1. The van der Waals surface area contributed by atoms with Gasteiger partial charge < -0.3 is 15.4 Å². The third-order valence-corrected chi connectivity index (χ3v) is 3.21. The van der Waals surface area contributed by atoms with Crippen LogP contribution in [-0.2, 0) is 6.42 Å². The molecular formula is C14H18ClFN2O2. The van der Waals surface area contributed by atoms with Crippen LogP contribution in [0, 0.1) is 0 Å². The van der Waals surface area contributed by atoms with Crippen LogP contribution in [0.4, 0.5) is 4.39 Å². The van der Waals surface area contributed by atoms with Gasteiger partial charge in [-0.15, -0.1) is 12.4 Å². The number of benzene rings is 1. The van der Waals surface area contributed by atoms with Crippen LogP contribution in [-0.4, -0.2) is 37.6 Å². The number of amides is 1. The van der Waals surface area contributed by atoms with Crippen molar-refractivity contribution in [3.63, 3.8) is 0 Å². The summed E-state index contributed by atoms with van der Waals surface area (Å²) in [6, 6.07) is 5.32. The Bertz CT molecular complexity index is 520. The maximum atomic E-state index is 12.4. The van der Waals surface area contributed by atoms with E-state index in [9.17, 15) is 9.18 Å². The van der Waals surface area contributed by atoms with Crippen molar-refractivity contribution >= 4 is 18.3 Å². The fourth-order valence-electron chi connectivity index (χ4n) is 1.98. The van der Waals surface area contributed by atoms with Gasteiger partial charge in [-0.2, -0.15) is 0 Å². The van der Waals surface area contributed by atoms with Crippen molar-refractivity contribution in [2.45, 2.75) is 6.42 Å². The Morgan fingerprint density at radius 1 is 1.55 bits per heavy atom. The fraction of sp³-hybridized carbons (Fsp3) is 0.357. The van der Waals surface area contributed by atoms with Gasteiger partial charge in [0, 0.05) is 31.3 Å². The zero-order valence-electron chi connectivity index (χ0n) is 11.3. The molecular weight excluding hydrogens is 283 g/mol. The van der Waals surface area contributed by atoms with E-state index in [4.69, 9.17) is 10.5 Å². The van der Waals surface area contributed by atoms with E-state index in [0.717, 1.165) is 12.0 Å². The number of carbonyl (C=O) groups is 1. The Morgan fingerprint density at radius 3 is 2.95 bits per heavy atom. The van der Waals surface area contributed by atoms with Crippen LogP contribution in [0.3, 0.4) is 0 Å². The highest BCUT2D eigenvalue weighted by Gasteiger charge is 2.21. The second kappa shape index (κ2) is 7.26. The third-order valence-electron chi connectivity index (χ3n) is 3.21. The lowest BCUT2D eigenvalue weighted by molar-refractivity contribution is 0.0781. The highest BCUT2D eigenvalue weighted by atomic mass is 35.5. The molecule has 0 fully saturated rings. The first-order valence-corrected chi connectivity index (χ1v) is 6.15. The highest BCUT2D eigenvalue weighted by molar-refractivity contribution is 5.96. The summed E-state index contributed by atoms with van der Waals surface area (Å²) < 4.78 is 17.8. The van der Waals surface area contributed by atoms with Crippen LogP contribution in [0.1, 0.15) is 15.9 Å². The van der Waals surface area contributed by atoms with Crippen molar-refractivity contribution in [3.8, 4) is 5.75 Å². The number of rotatable bonds is 4. The van der Waals surface area contributed by atoms with Crippen LogP contribution in [0.15, 0.2) is 30.1 Å². The Labute approximate surface area is 123 Å². The van der Waals surface area contributed by atoms with Gasteiger partial charge in [-0.3, -0.25) is 4.79 Å². The van der Waals surface area contributed by atoms with Crippen molar-refractivity contribution in [1.29, 1.82) is 0 Å². The summed E-state index contributed by atoms with van der Waals surface area (Å²) in [7, 11) is 1.79. The Morgan fingerprint density at radius 2 is 2.30 bits per heavy atom. The van der Waals surface area contributed by atoms with E-state index in [1.54, 1.807) is 24.1 Å². The molecule has 1 aliphatic rings. The molecule has 1 amide bonds. The van der Waals surface area contributed by atoms with Gasteiger partial charge in [0.1, 0.15) is 12.4 Å². The van der Waals surface area contributed by atoms with Crippen molar-refractivity contribution in [1.82, 2.24) is 4.90 Å². The molecule has 1 heterocycles. The number of halogens is 2. The normalized spacial score (nSPS) is 14.7. The minimum Gasteiger partial charge on any atom is -0.489 e. The van der Waals surface area contributed by atoms with Crippen LogP contribution < -0.4 is 10.5 Å². The first kappa shape index (κ1) is 16.5. The molecule has 0 spiro atoms. The van der Waals surface area contributed by atoms with Crippen LogP contribution in [0.5, 0.6) is 5.75 Å². The Kier molecular flexibility index (Phi) is 5.98. The molecule has 0 saturated heterocycles. The van der Waals surface area contributed by atoms with E-state index in [0.29, 0.717) is 29.8 Å². The van der Waals surface area contributed by atoms with E-state index in [1.807, 2.05) is 6.07 Å². The fourth-order valence-corrected chi connectivity index (χ4v) is 1.98. The highest BCUT2D eigenvalue weighted by Crippen LogP contribution is 2.23. The summed E-state index contributed by atoms with van der Waals surface area (Å²) in [6.45, 7) is 0.956. The number of hydrogen-bond acceptors (Lipinski definition) is 3. The number of likely N-dealkylation sites (N-methyl/N-ethyl adjacent to an activating group) is 1. The Balaban J connectivity index is 0.00000200. The van der Waals surface area contributed by atoms with Gasteiger partial charge in [0.15, 0.2) is 0 Å². The van der Waals surface area contributed by atoms with Gasteiger partial charge in [-0.05, 0) is 30.2 Å². The predicted molar refractivity (Wildman–Crippen MR) is 78.1 cm³/mol. The standard InChI is InChI=1S/C14H17FN2O2.ClH/c1-17-5-4-11-6-12(2-3-13(11)14(17)18)19-9-10(7-15)8-16;/h2-3,6-7H,4-5,8-9,16H2,1H3;1H/b10-7-;. The van der Waals surface area contributed by atoms with E-state index in [1.165, 1.54) is 0 Å². The monoisotopic (exact) mass is 300 g/mol. The lowest BCUT2D eigenvalue weighted by Crippen LogP contribution is -2.34. The molecule has 0 atom stereocenters. The molecule has 0 saturated carbocycles. The number of fused-ring (bicyclic) bond motifs is 1. The van der Waals surface area contributed by atoms with Gasteiger partial charge in [-0.25, -0.2) is 4.39 Å². The minimum absolute atomic E-state index is 0. The second-order valence-electron chi connectivity index (χ2n) is 4.56. The van der Waals surface area contributed by atoms with Gasteiger partial charge >= 0.3 is 0 Å². The van der Waals surface area contributed by atoms with Gasteiger partial charge in [-0.1, -0.05) is 0 Å². The SMILES string of the molecule is CN1CCc2cc(OC/C(=C\F)CN)ccc2C1=O.Cl. The summed E-state index contributed by atoms with van der Waals surface area (Å²) in [5.74, 6) is 0.656. The third kappa shape index (κ3) is 3.49. The van der Waals surface area contributed by atoms with Crippen LogP contribution >= 0.6 is 12.4 Å². The molecule has 1 aliphatic heterocycles. The molecule has 0 unspecified atom stereocenters. The zero-order chi connectivity index (χ0) is 13.8. The zero-order valence-corrected chi connectivity index (χ0v) is 12.1. The number of ether oxygens (including phenoxy) is 1. The van der Waals surface area contributed by atoms with E-state index in [2.05, 4.69) is 0 Å². The average molecular weight is 301 g/mol. The number of nitrogens with zero attached hydrogens (tertiary/aromatic N) is 1. The lowest BCUT2D eigenvalue weighted by atomic mass is 9.99. The van der Waals surface area contributed by atoms with Gasteiger partial charge in [0.25, 0.3) is 5.91 Å². The van der Waals surface area contributed by atoms with Gasteiger partial charge in [0.2, 0.25) is 0 Å². The largest absolute Gasteiger partial charge is 0.489 e. The first-order chi connectivity index (χ1) is 9.15. The molecule has 20 heavy (non-hydrogen) atoms. The quantitative estimate of drug-likeness (QED) is 0.924. The summed E-state index contributed by atoms with van der Waals surface area (Å²) in [4.78, 5) is 13.6. The first-order valence-electron chi connectivity index (χ1n) is 6.15. The summed E-state index contributed by atoms with van der Waals surface area (Å²) in [5.41, 5.74) is 7.43. The molecule has 0 bridgehead atoms. The molecule has 1 aromatic carbocycles. The Hall–Kier alpha value is -1.59. The van der Waals surface area contributed by atoms with Crippen molar-refractivity contribution in [3.05, 3.63) is 41.2 Å². The molecule has 110 valence electrons. The topological polar surface area (TPSA) is 55.6 Å². The summed E-state index contributed by atoms with van der Waals surface area (Å²) in [5, 5.41) is 0. The molecule has 0 aliphatic carbocycles. The molecule has 1 aromatic rings. The van der Waals surface area contributed by atoms with Gasteiger partial charge in [0.05, 0.1) is 6.33 Å². The molecule has 0 radical (unpaired) electrons. The molecule has 0 aromatic heterocycles. The lowest BCUT2D eigenvalue weighted by Gasteiger charge is -2.25. The van der Waals surface area contributed by atoms with Crippen molar-refractivity contribution in [2.75, 3.05) is 26.7 Å². The van der Waals surface area contributed by atoms with Crippen LogP contribution in [0.25, 0.3) is 0 Å².